The van der Waals surface area contributed by atoms with E-state index < -0.39 is 4.87 Å². The van der Waals surface area contributed by atoms with Gasteiger partial charge in [0.25, 0.3) is 0 Å². The van der Waals surface area contributed by atoms with Crippen LogP contribution in [0.1, 0.15) is 86.5 Å². The fourth-order valence-corrected chi connectivity index (χ4v) is 6.63. The van der Waals surface area contributed by atoms with Gasteiger partial charge in [0, 0.05) is 5.41 Å². The molecule has 4 fully saturated rings. The number of hydrogen-bond donors (Lipinski definition) is 0. The van der Waals surface area contributed by atoms with Crippen LogP contribution < -0.4 is 0 Å². The molecule has 0 N–H and O–H groups in total. The zero-order chi connectivity index (χ0) is 18.7. The maximum atomic E-state index is 13.1. The van der Waals surface area contributed by atoms with Crippen molar-refractivity contribution in [2.24, 2.45) is 34.0 Å². The summed E-state index contributed by atoms with van der Waals surface area (Å²) >= 11 is 6.96. The summed E-state index contributed by atoms with van der Waals surface area (Å²) in [5.41, 5.74) is -0.100. The molecule has 0 aromatic rings. The van der Waals surface area contributed by atoms with Gasteiger partial charge >= 0.3 is 5.97 Å². The van der Waals surface area contributed by atoms with Crippen LogP contribution in [0.2, 0.25) is 0 Å². The van der Waals surface area contributed by atoms with Crippen LogP contribution in [0.5, 0.6) is 0 Å². The molecule has 3 heteroatoms. The third kappa shape index (κ3) is 3.89. The first-order valence-corrected chi connectivity index (χ1v) is 10.6. The first kappa shape index (κ1) is 19.5. The van der Waals surface area contributed by atoms with Gasteiger partial charge in [-0.3, -0.25) is 4.79 Å². The van der Waals surface area contributed by atoms with Crippen LogP contribution in [0.25, 0.3) is 0 Å². The van der Waals surface area contributed by atoms with E-state index in [2.05, 4.69) is 41.5 Å². The highest BCUT2D eigenvalue weighted by molar-refractivity contribution is 6.34. The molecule has 1 atom stereocenters. The summed E-state index contributed by atoms with van der Waals surface area (Å²) in [7, 11) is 0. The molecule has 4 aliphatic carbocycles. The Morgan fingerprint density at radius 3 is 1.76 bits per heavy atom. The Labute approximate surface area is 159 Å². The van der Waals surface area contributed by atoms with Crippen LogP contribution in [0.3, 0.4) is 0 Å². The molecule has 0 aromatic heterocycles. The Morgan fingerprint density at radius 1 is 0.960 bits per heavy atom. The van der Waals surface area contributed by atoms with Crippen molar-refractivity contribution in [3.63, 3.8) is 0 Å². The highest BCUT2D eigenvalue weighted by Gasteiger charge is 2.54. The smallest absolute Gasteiger partial charge is 0.327 e. The van der Waals surface area contributed by atoms with Gasteiger partial charge in [-0.15, -0.1) is 11.6 Å². The van der Waals surface area contributed by atoms with E-state index in [4.69, 9.17) is 16.3 Å². The maximum absolute atomic E-state index is 13.1. The van der Waals surface area contributed by atoms with E-state index in [1.54, 1.807) is 0 Å². The zero-order valence-electron chi connectivity index (χ0n) is 17.1. The summed E-state index contributed by atoms with van der Waals surface area (Å²) in [6.45, 7) is 13.2. The number of rotatable bonds is 4. The number of esters is 1. The number of carbonyl (C=O) groups is 1. The molecule has 4 aliphatic rings. The fraction of sp³-hybridized carbons (Fsp3) is 0.955. The fourth-order valence-electron chi connectivity index (χ4n) is 6.17. The van der Waals surface area contributed by atoms with Gasteiger partial charge in [0.05, 0.1) is 6.61 Å². The molecule has 0 radical (unpaired) electrons. The number of ether oxygens (including phenoxy) is 1. The summed E-state index contributed by atoms with van der Waals surface area (Å²) in [5.74, 6) is 2.43. The van der Waals surface area contributed by atoms with Crippen LogP contribution in [0, 0.1) is 34.0 Å². The minimum absolute atomic E-state index is 0.0191. The van der Waals surface area contributed by atoms with Gasteiger partial charge in [-0.05, 0) is 73.5 Å². The van der Waals surface area contributed by atoms with Crippen molar-refractivity contribution in [3.05, 3.63) is 0 Å². The normalized spacial score (nSPS) is 37.0. The third-order valence-corrected chi connectivity index (χ3v) is 7.82. The third-order valence-electron chi connectivity index (χ3n) is 6.96. The second-order valence-corrected chi connectivity index (χ2v) is 12.4. The molecular weight excluding hydrogens is 332 g/mol. The van der Waals surface area contributed by atoms with E-state index in [0.717, 1.165) is 17.8 Å². The Bertz CT molecular complexity index is 490. The monoisotopic (exact) mass is 368 g/mol. The molecule has 4 rings (SSSR count). The number of alkyl halides is 1. The molecule has 0 amide bonds. The van der Waals surface area contributed by atoms with Gasteiger partial charge in [-0.2, -0.15) is 0 Å². The summed E-state index contributed by atoms with van der Waals surface area (Å²) in [5, 5.41) is 0. The molecule has 0 aliphatic heterocycles. The minimum Gasteiger partial charge on any atom is -0.464 e. The van der Waals surface area contributed by atoms with E-state index in [1.807, 2.05) is 0 Å². The molecule has 25 heavy (non-hydrogen) atoms. The van der Waals surface area contributed by atoms with Crippen molar-refractivity contribution in [1.29, 1.82) is 0 Å². The number of carbonyl (C=O) groups excluding carboxylic acids is 1. The van der Waals surface area contributed by atoms with Crippen LogP contribution >= 0.6 is 11.6 Å². The van der Waals surface area contributed by atoms with E-state index in [0.29, 0.717) is 13.0 Å². The molecule has 0 saturated heterocycles. The molecule has 0 aromatic carbocycles. The van der Waals surface area contributed by atoms with Crippen molar-refractivity contribution >= 4 is 17.6 Å². The lowest BCUT2D eigenvalue weighted by Crippen LogP contribution is -2.52. The highest BCUT2D eigenvalue weighted by Crippen LogP contribution is 2.60. The first-order chi connectivity index (χ1) is 11.3. The number of hydrogen-bond acceptors (Lipinski definition) is 2. The van der Waals surface area contributed by atoms with Gasteiger partial charge in [0.15, 0.2) is 0 Å². The summed E-state index contributed by atoms with van der Waals surface area (Å²) in [6.07, 6.45) is 8.66. The van der Waals surface area contributed by atoms with Gasteiger partial charge in [0.1, 0.15) is 4.87 Å². The number of halogens is 1. The summed E-state index contributed by atoms with van der Waals surface area (Å²) in [6, 6.07) is 0. The van der Waals surface area contributed by atoms with Crippen LogP contribution in [0.15, 0.2) is 0 Å². The minimum atomic E-state index is -0.965. The molecule has 4 saturated carbocycles. The first-order valence-electron chi connectivity index (χ1n) is 10.2. The van der Waals surface area contributed by atoms with Gasteiger partial charge < -0.3 is 4.74 Å². The largest absolute Gasteiger partial charge is 0.464 e. The van der Waals surface area contributed by atoms with E-state index in [-0.39, 0.29) is 22.2 Å². The predicted molar refractivity (Wildman–Crippen MR) is 104 cm³/mol. The van der Waals surface area contributed by atoms with E-state index in [1.165, 1.54) is 38.5 Å². The quantitative estimate of drug-likeness (QED) is 0.435. The van der Waals surface area contributed by atoms with Crippen LogP contribution in [-0.4, -0.2) is 17.5 Å². The zero-order valence-corrected chi connectivity index (χ0v) is 17.8. The molecule has 144 valence electrons. The Balaban J connectivity index is 1.70. The molecule has 0 heterocycles. The van der Waals surface area contributed by atoms with Gasteiger partial charge in [-0.1, -0.05) is 41.5 Å². The lowest BCUT2D eigenvalue weighted by molar-refractivity contribution is -0.162. The van der Waals surface area contributed by atoms with Gasteiger partial charge in [-0.25, -0.2) is 0 Å². The molecule has 0 spiro atoms. The Morgan fingerprint density at radius 2 is 1.40 bits per heavy atom. The SMILES string of the molecule is CC(C)(C)CC(Cl)(C(=O)OCC12CC3CC(CC(C3)C1)C2)C(C)(C)C. The topological polar surface area (TPSA) is 26.3 Å². The Hall–Kier alpha value is -0.240. The van der Waals surface area contributed by atoms with Gasteiger partial charge in [0.2, 0.25) is 0 Å². The van der Waals surface area contributed by atoms with E-state index >= 15 is 0 Å². The molecular formula is C22H37ClO2. The second-order valence-electron chi connectivity index (χ2n) is 11.8. The predicted octanol–water partition coefficient (Wildman–Crippen LogP) is 6.21. The standard InChI is InChI=1S/C22H37ClO2/c1-19(2,3)13-22(23,20(4,5)6)18(24)25-14-21-10-15-7-16(11-21)9-17(8-15)12-21/h15-17H,7-14H2,1-6H3. The van der Waals surface area contributed by atoms with Crippen molar-refractivity contribution in [3.8, 4) is 0 Å². The lowest BCUT2D eigenvalue weighted by Gasteiger charge is -2.56. The molecule has 4 bridgehead atoms. The van der Waals surface area contributed by atoms with E-state index in [9.17, 15) is 4.79 Å². The summed E-state index contributed by atoms with van der Waals surface area (Å²) in [4.78, 5) is 12.2. The average Bonchev–Trinajstić information content (AvgIpc) is 2.40. The molecule has 1 unspecified atom stereocenters. The maximum Gasteiger partial charge on any atom is 0.327 e. The van der Waals surface area contributed by atoms with Crippen molar-refractivity contribution in [2.45, 2.75) is 91.4 Å². The lowest BCUT2D eigenvalue weighted by atomic mass is 9.50. The van der Waals surface area contributed by atoms with Crippen molar-refractivity contribution in [1.82, 2.24) is 0 Å². The van der Waals surface area contributed by atoms with Crippen LogP contribution in [0.4, 0.5) is 0 Å². The van der Waals surface area contributed by atoms with Crippen molar-refractivity contribution in [2.75, 3.05) is 6.61 Å². The Kier molecular flexibility index (Phi) is 4.80. The highest BCUT2D eigenvalue weighted by atomic mass is 35.5. The molecule has 2 nitrogen and oxygen atoms in total. The van der Waals surface area contributed by atoms with Crippen molar-refractivity contribution < 1.29 is 9.53 Å². The average molecular weight is 369 g/mol. The summed E-state index contributed by atoms with van der Waals surface area (Å²) < 4.78 is 5.99. The van der Waals surface area contributed by atoms with Crippen LogP contribution in [-0.2, 0) is 9.53 Å². The second kappa shape index (κ2) is 6.14.